The highest BCUT2D eigenvalue weighted by molar-refractivity contribution is 5.89. The molecular weight excluding hydrogens is 344 g/mol. The van der Waals surface area contributed by atoms with Crippen molar-refractivity contribution in [1.29, 1.82) is 0 Å². The van der Waals surface area contributed by atoms with Crippen LogP contribution in [0.15, 0.2) is 48.5 Å². The van der Waals surface area contributed by atoms with Crippen molar-refractivity contribution in [3.8, 4) is 0 Å². The van der Waals surface area contributed by atoms with Gasteiger partial charge in [-0.3, -0.25) is 9.59 Å². The molecule has 0 atom stereocenters. The fraction of sp³-hybridized carbons (Fsp3) is 0.318. The van der Waals surface area contributed by atoms with E-state index in [9.17, 15) is 14.4 Å². The first-order valence-electron chi connectivity index (χ1n) is 9.03. The van der Waals surface area contributed by atoms with Crippen LogP contribution < -0.4 is 0 Å². The van der Waals surface area contributed by atoms with Gasteiger partial charge in [-0.1, -0.05) is 36.4 Å². The third-order valence-corrected chi connectivity index (χ3v) is 3.94. The molecule has 142 valence electrons. The third kappa shape index (κ3) is 6.70. The predicted molar refractivity (Wildman–Crippen MR) is 102 cm³/mol. The number of carbonyl (C=O) groups excluding carboxylic acids is 3. The first-order valence-corrected chi connectivity index (χ1v) is 9.03. The molecule has 0 aliphatic carbocycles. The van der Waals surface area contributed by atoms with Crippen LogP contribution in [-0.2, 0) is 38.3 Å². The summed E-state index contributed by atoms with van der Waals surface area (Å²) in [4.78, 5) is 35.4. The van der Waals surface area contributed by atoms with Crippen LogP contribution in [0.2, 0.25) is 0 Å². The highest BCUT2D eigenvalue weighted by Gasteiger charge is 2.09. The first kappa shape index (κ1) is 20.4. The third-order valence-electron chi connectivity index (χ3n) is 3.94. The Balaban J connectivity index is 1.88. The topological polar surface area (TPSA) is 69.7 Å². The van der Waals surface area contributed by atoms with Gasteiger partial charge in [0.05, 0.1) is 25.2 Å². The minimum absolute atomic E-state index is 0.0806. The molecule has 5 heteroatoms. The van der Waals surface area contributed by atoms with Crippen molar-refractivity contribution in [1.82, 2.24) is 0 Å². The molecule has 5 nitrogen and oxygen atoms in total. The molecule has 2 aromatic carbocycles. The van der Waals surface area contributed by atoms with Crippen LogP contribution in [0.4, 0.5) is 0 Å². The maximum absolute atomic E-state index is 12.3. The molecule has 0 spiro atoms. The van der Waals surface area contributed by atoms with E-state index in [1.165, 1.54) is 0 Å². The maximum atomic E-state index is 12.3. The SMILES string of the molecule is CCOC(=O)Cc1ccc(CC(=O)Cc2ccc(C(=O)OCC)cc2)cc1. The molecule has 0 unspecified atom stereocenters. The molecular formula is C22H24O5. The van der Waals surface area contributed by atoms with Crippen molar-refractivity contribution in [2.45, 2.75) is 33.1 Å². The molecule has 0 aliphatic heterocycles. The molecule has 2 aromatic rings. The van der Waals surface area contributed by atoms with Crippen LogP contribution >= 0.6 is 0 Å². The van der Waals surface area contributed by atoms with E-state index < -0.39 is 0 Å². The van der Waals surface area contributed by atoms with Crippen LogP contribution in [0.5, 0.6) is 0 Å². The summed E-state index contributed by atoms with van der Waals surface area (Å²) in [6.45, 7) is 4.23. The van der Waals surface area contributed by atoms with Crippen LogP contribution in [0.1, 0.15) is 40.9 Å². The van der Waals surface area contributed by atoms with Gasteiger partial charge in [0.1, 0.15) is 5.78 Å². The van der Waals surface area contributed by atoms with E-state index in [-0.39, 0.29) is 24.1 Å². The summed E-state index contributed by atoms with van der Waals surface area (Å²) in [7, 11) is 0. The second kappa shape index (κ2) is 10.3. The van der Waals surface area contributed by atoms with Gasteiger partial charge >= 0.3 is 11.9 Å². The average Bonchev–Trinajstić information content (AvgIpc) is 2.64. The Bertz CT molecular complexity index is 775. The van der Waals surface area contributed by atoms with Gasteiger partial charge in [0, 0.05) is 12.8 Å². The Labute approximate surface area is 159 Å². The largest absolute Gasteiger partial charge is 0.466 e. The first-order chi connectivity index (χ1) is 13.0. The van der Waals surface area contributed by atoms with Crippen molar-refractivity contribution < 1.29 is 23.9 Å². The lowest BCUT2D eigenvalue weighted by Crippen LogP contribution is -2.09. The number of hydrogen-bond donors (Lipinski definition) is 0. The van der Waals surface area contributed by atoms with Crippen LogP contribution in [0, 0.1) is 0 Å². The summed E-state index contributed by atoms with van der Waals surface area (Å²) >= 11 is 0. The molecule has 27 heavy (non-hydrogen) atoms. The molecule has 0 N–H and O–H groups in total. The van der Waals surface area contributed by atoms with Crippen molar-refractivity contribution in [2.75, 3.05) is 13.2 Å². The quantitative estimate of drug-likeness (QED) is 0.635. The maximum Gasteiger partial charge on any atom is 0.338 e. The van der Waals surface area contributed by atoms with Gasteiger partial charge in [0.25, 0.3) is 0 Å². The lowest BCUT2D eigenvalue weighted by Gasteiger charge is -2.06. The number of hydrogen-bond acceptors (Lipinski definition) is 5. The van der Waals surface area contributed by atoms with Gasteiger partial charge < -0.3 is 9.47 Å². The number of esters is 2. The fourth-order valence-corrected chi connectivity index (χ4v) is 2.64. The molecule has 0 saturated heterocycles. The highest BCUT2D eigenvalue weighted by atomic mass is 16.5. The van der Waals surface area contributed by atoms with Crippen LogP contribution in [0.3, 0.4) is 0 Å². The Morgan fingerprint density at radius 2 is 1.11 bits per heavy atom. The normalized spacial score (nSPS) is 10.3. The second-order valence-electron chi connectivity index (χ2n) is 6.11. The minimum Gasteiger partial charge on any atom is -0.466 e. The molecule has 0 saturated carbocycles. The van der Waals surface area contributed by atoms with E-state index >= 15 is 0 Å². The summed E-state index contributed by atoms with van der Waals surface area (Å²) in [5, 5.41) is 0. The number of carbonyl (C=O) groups is 3. The number of ether oxygens (including phenoxy) is 2. The van der Waals surface area contributed by atoms with Gasteiger partial charge in [0.15, 0.2) is 0 Å². The van der Waals surface area contributed by atoms with Gasteiger partial charge in [0.2, 0.25) is 0 Å². The molecule has 0 heterocycles. The van der Waals surface area contributed by atoms with E-state index in [4.69, 9.17) is 9.47 Å². The standard InChI is InChI=1S/C22H24O5/c1-3-26-21(24)15-18-7-5-16(6-8-18)13-20(23)14-17-9-11-19(12-10-17)22(25)27-4-2/h5-12H,3-4,13-15H2,1-2H3. The monoisotopic (exact) mass is 368 g/mol. The zero-order chi connectivity index (χ0) is 19.6. The number of Topliss-reactive ketones (excluding diaryl/α,β-unsaturated/α-hetero) is 1. The molecule has 2 rings (SSSR count). The number of ketones is 1. The Kier molecular flexibility index (Phi) is 7.74. The van der Waals surface area contributed by atoms with Gasteiger partial charge in [-0.05, 0) is 42.7 Å². The number of rotatable bonds is 9. The van der Waals surface area contributed by atoms with Crippen molar-refractivity contribution >= 4 is 17.7 Å². The van der Waals surface area contributed by atoms with Crippen LogP contribution in [0.25, 0.3) is 0 Å². The van der Waals surface area contributed by atoms with Gasteiger partial charge in [-0.2, -0.15) is 0 Å². The summed E-state index contributed by atoms with van der Waals surface area (Å²) in [5.41, 5.74) is 3.09. The summed E-state index contributed by atoms with van der Waals surface area (Å²) in [5.74, 6) is -0.539. The lowest BCUT2D eigenvalue weighted by molar-refractivity contribution is -0.142. The predicted octanol–water partition coefficient (Wildman–Crippen LogP) is 3.32. The average molecular weight is 368 g/mol. The zero-order valence-electron chi connectivity index (χ0n) is 15.7. The van der Waals surface area contributed by atoms with E-state index in [0.717, 1.165) is 16.7 Å². The van der Waals surface area contributed by atoms with Crippen LogP contribution in [-0.4, -0.2) is 30.9 Å². The smallest absolute Gasteiger partial charge is 0.338 e. The van der Waals surface area contributed by atoms with E-state index in [0.29, 0.717) is 31.6 Å². The minimum atomic E-state index is -0.363. The van der Waals surface area contributed by atoms with E-state index in [1.807, 2.05) is 24.3 Å². The molecule has 0 fully saturated rings. The highest BCUT2D eigenvalue weighted by Crippen LogP contribution is 2.11. The molecule has 0 radical (unpaired) electrons. The number of benzene rings is 2. The second-order valence-corrected chi connectivity index (χ2v) is 6.11. The van der Waals surface area contributed by atoms with Crippen molar-refractivity contribution in [3.05, 3.63) is 70.8 Å². The lowest BCUT2D eigenvalue weighted by atomic mass is 10.0. The Morgan fingerprint density at radius 1 is 0.667 bits per heavy atom. The molecule has 0 aromatic heterocycles. The molecule has 0 aliphatic rings. The zero-order valence-corrected chi connectivity index (χ0v) is 15.7. The summed E-state index contributed by atoms with van der Waals surface area (Å²) in [6.07, 6.45) is 0.849. The van der Waals surface area contributed by atoms with Gasteiger partial charge in [-0.25, -0.2) is 4.79 Å². The van der Waals surface area contributed by atoms with Crippen molar-refractivity contribution in [3.63, 3.8) is 0 Å². The van der Waals surface area contributed by atoms with Gasteiger partial charge in [-0.15, -0.1) is 0 Å². The van der Waals surface area contributed by atoms with E-state index in [1.54, 1.807) is 38.1 Å². The Morgan fingerprint density at radius 3 is 1.59 bits per heavy atom. The molecule has 0 amide bonds. The summed E-state index contributed by atoms with van der Waals surface area (Å²) in [6, 6.07) is 14.3. The summed E-state index contributed by atoms with van der Waals surface area (Å²) < 4.78 is 9.86. The Hall–Kier alpha value is -2.95. The van der Waals surface area contributed by atoms with Crippen molar-refractivity contribution in [2.24, 2.45) is 0 Å². The van der Waals surface area contributed by atoms with E-state index in [2.05, 4.69) is 0 Å². The fourth-order valence-electron chi connectivity index (χ4n) is 2.64. The molecule has 0 bridgehead atoms.